The summed E-state index contributed by atoms with van der Waals surface area (Å²) < 4.78 is 1.31. The molecule has 0 bridgehead atoms. The van der Waals surface area contributed by atoms with E-state index in [-0.39, 0.29) is 6.04 Å². The maximum Gasteiger partial charge on any atom is 0.0334 e. The minimum absolute atomic E-state index is 0.266. The third-order valence-electron chi connectivity index (χ3n) is 2.92. The Balaban J connectivity index is 2.18. The van der Waals surface area contributed by atoms with Gasteiger partial charge in [0, 0.05) is 9.61 Å². The van der Waals surface area contributed by atoms with Gasteiger partial charge in [-0.15, -0.1) is 0 Å². The lowest BCUT2D eigenvalue weighted by Crippen LogP contribution is -2.27. The van der Waals surface area contributed by atoms with Gasteiger partial charge in [-0.1, -0.05) is 24.6 Å². The summed E-state index contributed by atoms with van der Waals surface area (Å²) in [4.78, 5) is 0. The van der Waals surface area contributed by atoms with Crippen LogP contribution in [0.2, 0.25) is 0 Å². The summed E-state index contributed by atoms with van der Waals surface area (Å²) >= 11 is 2.37. The van der Waals surface area contributed by atoms with E-state index in [1.165, 1.54) is 28.4 Å². The van der Waals surface area contributed by atoms with E-state index in [1.807, 2.05) is 0 Å². The summed E-state index contributed by atoms with van der Waals surface area (Å²) in [5.41, 5.74) is 7.52. The van der Waals surface area contributed by atoms with Gasteiger partial charge in [0.25, 0.3) is 0 Å². The van der Waals surface area contributed by atoms with Crippen LogP contribution in [0.1, 0.15) is 30.9 Å². The number of rotatable bonds is 2. The van der Waals surface area contributed by atoms with Gasteiger partial charge >= 0.3 is 0 Å². The molecule has 1 fully saturated rings. The Labute approximate surface area is 92.9 Å². The third-order valence-corrected chi connectivity index (χ3v) is 3.90. The van der Waals surface area contributed by atoms with E-state index in [1.54, 1.807) is 0 Å². The first-order valence-corrected chi connectivity index (χ1v) is 5.87. The average Bonchev–Trinajstić information content (AvgIpc) is 2.01. The highest BCUT2D eigenvalue weighted by atomic mass is 127. The molecule has 2 rings (SSSR count). The minimum Gasteiger partial charge on any atom is -0.324 e. The Kier molecular flexibility index (Phi) is 2.89. The fourth-order valence-electron chi connectivity index (χ4n) is 1.80. The molecule has 1 nitrogen and oxygen atoms in total. The molecule has 2 heteroatoms. The first kappa shape index (κ1) is 9.46. The van der Waals surface area contributed by atoms with Gasteiger partial charge in [-0.05, 0) is 53.0 Å². The monoisotopic (exact) mass is 287 g/mol. The molecule has 1 aliphatic carbocycles. The molecular weight excluding hydrogens is 273 g/mol. The van der Waals surface area contributed by atoms with Crippen molar-refractivity contribution in [2.45, 2.75) is 25.3 Å². The van der Waals surface area contributed by atoms with E-state index >= 15 is 0 Å². The van der Waals surface area contributed by atoms with Crippen molar-refractivity contribution in [2.24, 2.45) is 11.7 Å². The maximum atomic E-state index is 6.20. The molecule has 0 unspecified atom stereocenters. The Morgan fingerprint density at radius 2 is 2.00 bits per heavy atom. The topological polar surface area (TPSA) is 26.0 Å². The highest BCUT2D eigenvalue weighted by molar-refractivity contribution is 14.1. The highest BCUT2D eigenvalue weighted by Gasteiger charge is 2.26. The van der Waals surface area contributed by atoms with Gasteiger partial charge in [0.1, 0.15) is 0 Å². The molecule has 0 heterocycles. The van der Waals surface area contributed by atoms with E-state index in [9.17, 15) is 0 Å². The molecule has 70 valence electrons. The lowest BCUT2D eigenvalue weighted by Gasteiger charge is -2.31. The van der Waals surface area contributed by atoms with Crippen molar-refractivity contribution in [3.63, 3.8) is 0 Å². The van der Waals surface area contributed by atoms with Crippen molar-refractivity contribution in [3.8, 4) is 0 Å². The molecule has 0 aromatic heterocycles. The molecule has 0 spiro atoms. The molecule has 0 aliphatic heterocycles. The standard InChI is InChI=1S/C11H14IN/c12-10-7-2-1-6-9(10)11(13)8-4-3-5-8/h1-2,6-8,11H,3-5,13H2/t11-/m0/s1. The van der Waals surface area contributed by atoms with E-state index < -0.39 is 0 Å². The molecule has 1 aliphatic rings. The molecule has 13 heavy (non-hydrogen) atoms. The van der Waals surface area contributed by atoms with E-state index in [2.05, 4.69) is 46.9 Å². The van der Waals surface area contributed by atoms with Crippen molar-refractivity contribution >= 4 is 22.6 Å². The molecule has 1 aromatic carbocycles. The zero-order valence-corrected chi connectivity index (χ0v) is 9.70. The largest absolute Gasteiger partial charge is 0.324 e. The normalized spacial score (nSPS) is 19.5. The second-order valence-electron chi connectivity index (χ2n) is 3.74. The summed E-state index contributed by atoms with van der Waals surface area (Å²) in [7, 11) is 0. The van der Waals surface area contributed by atoms with Crippen molar-refractivity contribution in [3.05, 3.63) is 33.4 Å². The summed E-state index contributed by atoms with van der Waals surface area (Å²) in [6.45, 7) is 0. The second-order valence-corrected chi connectivity index (χ2v) is 4.90. The van der Waals surface area contributed by atoms with Crippen LogP contribution < -0.4 is 5.73 Å². The summed E-state index contributed by atoms with van der Waals surface area (Å²) in [6, 6.07) is 8.70. The van der Waals surface area contributed by atoms with Gasteiger partial charge < -0.3 is 5.73 Å². The van der Waals surface area contributed by atoms with Crippen LogP contribution in [0.3, 0.4) is 0 Å². The van der Waals surface area contributed by atoms with E-state index in [0.29, 0.717) is 0 Å². The van der Waals surface area contributed by atoms with Crippen LogP contribution in [0.5, 0.6) is 0 Å². The molecule has 1 atom stereocenters. The minimum atomic E-state index is 0.266. The average molecular weight is 287 g/mol. The lowest BCUT2D eigenvalue weighted by atomic mass is 9.78. The SMILES string of the molecule is N[C@H](c1ccccc1I)C1CCC1. The molecule has 0 radical (unpaired) electrons. The smallest absolute Gasteiger partial charge is 0.0334 e. The number of hydrogen-bond acceptors (Lipinski definition) is 1. The summed E-state index contributed by atoms with van der Waals surface area (Å²) in [5.74, 6) is 0.732. The van der Waals surface area contributed by atoms with Crippen molar-refractivity contribution in [2.75, 3.05) is 0 Å². The first-order chi connectivity index (χ1) is 6.29. The van der Waals surface area contributed by atoms with Crippen LogP contribution in [0.25, 0.3) is 0 Å². The van der Waals surface area contributed by atoms with Crippen LogP contribution >= 0.6 is 22.6 Å². The van der Waals surface area contributed by atoms with Gasteiger partial charge in [-0.2, -0.15) is 0 Å². The molecule has 1 aromatic rings. The Bertz CT molecular complexity index is 294. The molecule has 2 N–H and O–H groups in total. The summed E-state index contributed by atoms with van der Waals surface area (Å²) in [6.07, 6.45) is 3.99. The van der Waals surface area contributed by atoms with Gasteiger partial charge in [-0.25, -0.2) is 0 Å². The molecule has 0 saturated heterocycles. The predicted octanol–water partition coefficient (Wildman–Crippen LogP) is 3.09. The zero-order chi connectivity index (χ0) is 9.26. The van der Waals surface area contributed by atoms with Gasteiger partial charge in [0.15, 0.2) is 0 Å². The van der Waals surface area contributed by atoms with Crippen LogP contribution in [-0.2, 0) is 0 Å². The van der Waals surface area contributed by atoms with Crippen molar-refractivity contribution in [1.82, 2.24) is 0 Å². The van der Waals surface area contributed by atoms with Crippen molar-refractivity contribution in [1.29, 1.82) is 0 Å². The number of nitrogens with two attached hydrogens (primary N) is 1. The predicted molar refractivity (Wildman–Crippen MR) is 63.4 cm³/mol. The fraction of sp³-hybridized carbons (Fsp3) is 0.455. The molecule has 0 amide bonds. The maximum absolute atomic E-state index is 6.20. The van der Waals surface area contributed by atoms with Gasteiger partial charge in [-0.3, -0.25) is 0 Å². The quantitative estimate of drug-likeness (QED) is 0.831. The van der Waals surface area contributed by atoms with Crippen molar-refractivity contribution < 1.29 is 0 Å². The lowest BCUT2D eigenvalue weighted by molar-refractivity contribution is 0.264. The zero-order valence-electron chi connectivity index (χ0n) is 7.54. The Morgan fingerprint density at radius 1 is 1.31 bits per heavy atom. The second kappa shape index (κ2) is 3.96. The van der Waals surface area contributed by atoms with Gasteiger partial charge in [0.05, 0.1) is 0 Å². The van der Waals surface area contributed by atoms with Crippen LogP contribution in [0, 0.1) is 9.49 Å². The number of hydrogen-bond donors (Lipinski definition) is 1. The summed E-state index contributed by atoms with van der Waals surface area (Å²) in [5, 5.41) is 0. The molecule has 1 saturated carbocycles. The van der Waals surface area contributed by atoms with E-state index in [0.717, 1.165) is 5.92 Å². The fourth-order valence-corrected chi connectivity index (χ4v) is 2.55. The first-order valence-electron chi connectivity index (χ1n) is 4.79. The number of halogens is 1. The van der Waals surface area contributed by atoms with E-state index in [4.69, 9.17) is 5.73 Å². The Morgan fingerprint density at radius 3 is 2.54 bits per heavy atom. The van der Waals surface area contributed by atoms with Gasteiger partial charge in [0.2, 0.25) is 0 Å². The van der Waals surface area contributed by atoms with Crippen LogP contribution in [0.4, 0.5) is 0 Å². The number of benzene rings is 1. The molecular formula is C11H14IN. The Hall–Kier alpha value is -0.0900. The third kappa shape index (κ3) is 1.89. The highest BCUT2D eigenvalue weighted by Crippen LogP contribution is 2.37. The van der Waals surface area contributed by atoms with Crippen LogP contribution in [0.15, 0.2) is 24.3 Å². The van der Waals surface area contributed by atoms with Crippen LogP contribution in [-0.4, -0.2) is 0 Å².